The first kappa shape index (κ1) is 11.1. The van der Waals surface area contributed by atoms with Crippen LogP contribution in [0.5, 0.6) is 0 Å². The van der Waals surface area contributed by atoms with Gasteiger partial charge in [0.1, 0.15) is 6.33 Å². The van der Waals surface area contributed by atoms with Gasteiger partial charge in [-0.2, -0.15) is 0 Å². The zero-order valence-electron chi connectivity index (χ0n) is 9.05. The van der Waals surface area contributed by atoms with E-state index in [1.807, 2.05) is 24.6 Å². The van der Waals surface area contributed by atoms with E-state index in [-0.39, 0.29) is 6.04 Å². The molecule has 0 amide bonds. The normalized spacial score (nSPS) is 12.4. The van der Waals surface area contributed by atoms with Gasteiger partial charge in [-0.05, 0) is 28.9 Å². The number of halogens is 1. The molecule has 1 atom stereocenters. The average Bonchev–Trinajstić information content (AvgIpc) is 2.68. The summed E-state index contributed by atoms with van der Waals surface area (Å²) in [5, 5.41) is 11.3. The molecule has 16 heavy (non-hydrogen) atoms. The number of anilines is 1. The minimum Gasteiger partial charge on any atom is -0.374 e. The van der Waals surface area contributed by atoms with E-state index in [1.165, 1.54) is 0 Å². The molecule has 1 unspecified atom stereocenters. The van der Waals surface area contributed by atoms with Crippen molar-refractivity contribution in [2.75, 3.05) is 5.32 Å². The van der Waals surface area contributed by atoms with E-state index in [4.69, 9.17) is 0 Å². The lowest BCUT2D eigenvalue weighted by atomic mass is 10.3. The number of pyridine rings is 1. The third kappa shape index (κ3) is 2.21. The first-order chi connectivity index (χ1) is 7.68. The number of nitrogens with one attached hydrogen (secondary N) is 1. The minimum absolute atomic E-state index is 0.0891. The summed E-state index contributed by atoms with van der Waals surface area (Å²) in [6, 6.07) is 2.00. The summed E-state index contributed by atoms with van der Waals surface area (Å²) in [7, 11) is 1.93. The van der Waals surface area contributed by atoms with Crippen LogP contribution in [0.25, 0.3) is 0 Å². The topological polar surface area (TPSA) is 55.6 Å². The van der Waals surface area contributed by atoms with E-state index in [0.29, 0.717) is 0 Å². The molecule has 2 aromatic rings. The molecule has 0 bridgehead atoms. The second kappa shape index (κ2) is 4.61. The fourth-order valence-corrected chi connectivity index (χ4v) is 1.84. The number of hydrogen-bond acceptors (Lipinski definition) is 4. The molecule has 84 valence electrons. The molecule has 2 aromatic heterocycles. The van der Waals surface area contributed by atoms with Gasteiger partial charge in [-0.3, -0.25) is 4.98 Å². The van der Waals surface area contributed by atoms with Crippen LogP contribution in [0.2, 0.25) is 0 Å². The van der Waals surface area contributed by atoms with Gasteiger partial charge in [0.2, 0.25) is 0 Å². The van der Waals surface area contributed by atoms with Crippen LogP contribution in [-0.4, -0.2) is 19.7 Å². The zero-order chi connectivity index (χ0) is 11.5. The monoisotopic (exact) mass is 281 g/mol. The van der Waals surface area contributed by atoms with Crippen LogP contribution < -0.4 is 5.32 Å². The summed E-state index contributed by atoms with van der Waals surface area (Å²) in [6.45, 7) is 2.04. The predicted molar refractivity (Wildman–Crippen MR) is 65.0 cm³/mol. The number of aromatic nitrogens is 4. The van der Waals surface area contributed by atoms with Crippen LogP contribution in [0.15, 0.2) is 29.3 Å². The lowest BCUT2D eigenvalue weighted by Crippen LogP contribution is -2.12. The van der Waals surface area contributed by atoms with Crippen LogP contribution in [0, 0.1) is 0 Å². The molecule has 6 heteroatoms. The second-order valence-corrected chi connectivity index (χ2v) is 4.38. The molecule has 0 aromatic carbocycles. The van der Waals surface area contributed by atoms with Gasteiger partial charge in [0.25, 0.3) is 0 Å². The van der Waals surface area contributed by atoms with Crippen molar-refractivity contribution in [3.8, 4) is 0 Å². The van der Waals surface area contributed by atoms with E-state index in [9.17, 15) is 0 Å². The highest BCUT2D eigenvalue weighted by Gasteiger charge is 2.11. The van der Waals surface area contributed by atoms with Crippen LogP contribution in [-0.2, 0) is 7.05 Å². The number of rotatable bonds is 3. The summed E-state index contributed by atoms with van der Waals surface area (Å²) in [4.78, 5) is 4.01. The molecular weight excluding hydrogens is 270 g/mol. The van der Waals surface area contributed by atoms with E-state index >= 15 is 0 Å². The largest absolute Gasteiger partial charge is 0.374 e. The van der Waals surface area contributed by atoms with Gasteiger partial charge < -0.3 is 9.88 Å². The maximum atomic E-state index is 4.06. The summed E-state index contributed by atoms with van der Waals surface area (Å²) in [5.41, 5.74) is 0.991. The molecule has 5 nitrogen and oxygen atoms in total. The molecule has 1 N–H and O–H groups in total. The van der Waals surface area contributed by atoms with E-state index in [0.717, 1.165) is 16.0 Å². The maximum Gasteiger partial charge on any atom is 0.154 e. The van der Waals surface area contributed by atoms with Crippen molar-refractivity contribution in [1.82, 2.24) is 19.7 Å². The Hall–Kier alpha value is -1.43. The Labute approximate surface area is 102 Å². The van der Waals surface area contributed by atoms with Gasteiger partial charge in [0.15, 0.2) is 5.82 Å². The Morgan fingerprint density at radius 1 is 1.50 bits per heavy atom. The first-order valence-electron chi connectivity index (χ1n) is 4.88. The molecule has 2 rings (SSSR count). The van der Waals surface area contributed by atoms with Gasteiger partial charge in [0, 0.05) is 19.4 Å². The van der Waals surface area contributed by atoms with Gasteiger partial charge in [-0.25, -0.2) is 0 Å². The molecule has 0 spiro atoms. The maximum absolute atomic E-state index is 4.06. The lowest BCUT2D eigenvalue weighted by Gasteiger charge is -2.15. The quantitative estimate of drug-likeness (QED) is 0.937. The van der Waals surface area contributed by atoms with Crippen LogP contribution in [0.4, 0.5) is 5.69 Å². The molecular formula is C10H12BrN5. The number of hydrogen-bond donors (Lipinski definition) is 1. The molecule has 0 saturated heterocycles. The number of aryl methyl sites for hydroxylation is 1. The highest BCUT2D eigenvalue weighted by Crippen LogP contribution is 2.24. The third-order valence-electron chi connectivity index (χ3n) is 2.28. The van der Waals surface area contributed by atoms with Crippen LogP contribution in [0.1, 0.15) is 18.8 Å². The van der Waals surface area contributed by atoms with Gasteiger partial charge in [-0.15, -0.1) is 10.2 Å². The molecule has 0 aliphatic heterocycles. The Morgan fingerprint density at radius 2 is 2.31 bits per heavy atom. The fourth-order valence-electron chi connectivity index (χ4n) is 1.47. The smallest absolute Gasteiger partial charge is 0.154 e. The van der Waals surface area contributed by atoms with Gasteiger partial charge in [0.05, 0.1) is 16.2 Å². The van der Waals surface area contributed by atoms with Gasteiger partial charge >= 0.3 is 0 Å². The van der Waals surface area contributed by atoms with Crippen molar-refractivity contribution < 1.29 is 0 Å². The Kier molecular flexibility index (Phi) is 3.19. The van der Waals surface area contributed by atoms with Crippen molar-refractivity contribution >= 4 is 21.6 Å². The Bertz CT molecular complexity index is 482. The van der Waals surface area contributed by atoms with Crippen molar-refractivity contribution in [2.45, 2.75) is 13.0 Å². The second-order valence-electron chi connectivity index (χ2n) is 3.52. The highest BCUT2D eigenvalue weighted by molar-refractivity contribution is 9.10. The molecule has 0 aliphatic rings. The van der Waals surface area contributed by atoms with Crippen molar-refractivity contribution in [1.29, 1.82) is 0 Å². The van der Waals surface area contributed by atoms with Crippen LogP contribution in [0.3, 0.4) is 0 Å². The van der Waals surface area contributed by atoms with E-state index < -0.39 is 0 Å². The molecule has 0 fully saturated rings. The summed E-state index contributed by atoms with van der Waals surface area (Å²) in [6.07, 6.45) is 5.19. The standard InChI is InChI=1S/C10H12BrN5/c1-7(10-15-13-6-16(10)2)14-9-3-4-12-5-8(9)11/h3-7H,1-2H3,(H,12,14). The minimum atomic E-state index is 0.0891. The average molecular weight is 282 g/mol. The third-order valence-corrected chi connectivity index (χ3v) is 2.91. The zero-order valence-corrected chi connectivity index (χ0v) is 10.6. The van der Waals surface area contributed by atoms with E-state index in [1.54, 1.807) is 18.7 Å². The molecule has 2 heterocycles. The predicted octanol–water partition coefficient (Wildman–Crippen LogP) is 2.15. The fraction of sp³-hybridized carbons (Fsp3) is 0.300. The van der Waals surface area contributed by atoms with Crippen molar-refractivity contribution in [3.05, 3.63) is 35.1 Å². The molecule has 0 radical (unpaired) electrons. The Balaban J connectivity index is 2.17. The summed E-state index contributed by atoms with van der Waals surface area (Å²) in [5.74, 6) is 0.892. The number of nitrogens with zero attached hydrogens (tertiary/aromatic N) is 4. The molecule has 0 aliphatic carbocycles. The SMILES string of the molecule is CC(Nc1ccncc1Br)c1nncn1C. The van der Waals surface area contributed by atoms with Crippen molar-refractivity contribution in [3.63, 3.8) is 0 Å². The van der Waals surface area contributed by atoms with E-state index in [2.05, 4.69) is 36.4 Å². The summed E-state index contributed by atoms with van der Waals surface area (Å²) >= 11 is 3.44. The first-order valence-corrected chi connectivity index (χ1v) is 5.67. The van der Waals surface area contributed by atoms with Gasteiger partial charge in [-0.1, -0.05) is 0 Å². The van der Waals surface area contributed by atoms with Crippen molar-refractivity contribution in [2.24, 2.45) is 7.05 Å². The molecule has 0 saturated carbocycles. The Morgan fingerprint density at radius 3 is 2.94 bits per heavy atom. The summed E-state index contributed by atoms with van der Waals surface area (Å²) < 4.78 is 2.83. The van der Waals surface area contributed by atoms with Crippen LogP contribution >= 0.6 is 15.9 Å². The highest BCUT2D eigenvalue weighted by atomic mass is 79.9. The lowest BCUT2D eigenvalue weighted by molar-refractivity contribution is 0.719.